The normalized spacial score (nSPS) is 23.1. The molecule has 104 valence electrons. The van der Waals surface area contributed by atoms with Gasteiger partial charge in [-0.3, -0.25) is 10.1 Å². The largest absolute Gasteiger partial charge is 0.364 e. The molecule has 0 bridgehead atoms. The van der Waals surface area contributed by atoms with Crippen LogP contribution in [-0.4, -0.2) is 43.0 Å². The Balaban J connectivity index is 2.31. The molecule has 6 heteroatoms. The summed E-state index contributed by atoms with van der Waals surface area (Å²) in [5.41, 5.74) is 0.880. The second-order valence-corrected chi connectivity index (χ2v) is 6.22. The van der Waals surface area contributed by atoms with Crippen molar-refractivity contribution in [3.05, 3.63) is 32.8 Å². The van der Waals surface area contributed by atoms with Crippen LogP contribution < -0.4 is 4.90 Å². The van der Waals surface area contributed by atoms with Crippen LogP contribution in [0.4, 0.5) is 11.4 Å². The Kier molecular flexibility index (Phi) is 4.10. The Labute approximate surface area is 121 Å². The number of hydrogen-bond donors (Lipinski definition) is 0. The Bertz CT molecular complexity index is 493. The second-order valence-electron chi connectivity index (χ2n) is 5.30. The molecule has 0 spiro atoms. The van der Waals surface area contributed by atoms with Gasteiger partial charge in [-0.1, -0.05) is 22.9 Å². The van der Waals surface area contributed by atoms with E-state index < -0.39 is 0 Å². The molecule has 5 nitrogen and oxygen atoms in total. The molecule has 0 saturated carbocycles. The summed E-state index contributed by atoms with van der Waals surface area (Å²) in [7, 11) is 4.11. The molecule has 1 fully saturated rings. The monoisotopic (exact) mass is 327 g/mol. The molecule has 19 heavy (non-hydrogen) atoms. The first-order chi connectivity index (χ1) is 8.90. The lowest BCUT2D eigenvalue weighted by Crippen LogP contribution is -2.34. The van der Waals surface area contributed by atoms with Gasteiger partial charge < -0.3 is 9.80 Å². The van der Waals surface area contributed by atoms with Crippen molar-refractivity contribution in [1.82, 2.24) is 4.90 Å². The van der Waals surface area contributed by atoms with E-state index in [1.807, 2.05) is 12.1 Å². The highest BCUT2D eigenvalue weighted by Gasteiger charge is 2.33. The first-order valence-electron chi connectivity index (χ1n) is 6.25. The molecule has 1 saturated heterocycles. The SMILES string of the molecule is CC1CN(c2ccc(Br)cc2[N+](=O)[O-])CC1N(C)C. The van der Waals surface area contributed by atoms with Crippen LogP contribution in [0.15, 0.2) is 22.7 Å². The van der Waals surface area contributed by atoms with E-state index in [4.69, 9.17) is 0 Å². The summed E-state index contributed by atoms with van der Waals surface area (Å²) in [6.45, 7) is 3.87. The number of likely N-dealkylation sites (N-methyl/N-ethyl adjacent to an activating group) is 1. The van der Waals surface area contributed by atoms with Gasteiger partial charge in [0.1, 0.15) is 5.69 Å². The maximum absolute atomic E-state index is 11.2. The smallest absolute Gasteiger partial charge is 0.293 e. The van der Waals surface area contributed by atoms with Crippen LogP contribution in [-0.2, 0) is 0 Å². The van der Waals surface area contributed by atoms with Crippen molar-refractivity contribution in [1.29, 1.82) is 0 Å². The lowest BCUT2D eigenvalue weighted by Gasteiger charge is -2.23. The number of anilines is 1. The molecule has 0 radical (unpaired) electrons. The molecule has 0 N–H and O–H groups in total. The second kappa shape index (κ2) is 5.46. The molecule has 1 aromatic rings. The molecule has 0 amide bonds. The van der Waals surface area contributed by atoms with Gasteiger partial charge in [0.2, 0.25) is 0 Å². The predicted molar refractivity (Wildman–Crippen MR) is 79.6 cm³/mol. The third-order valence-electron chi connectivity index (χ3n) is 3.71. The fourth-order valence-electron chi connectivity index (χ4n) is 2.73. The molecule has 2 atom stereocenters. The molecule has 2 rings (SSSR count). The van der Waals surface area contributed by atoms with Crippen LogP contribution in [0.5, 0.6) is 0 Å². The van der Waals surface area contributed by atoms with E-state index in [2.05, 4.69) is 46.7 Å². The third kappa shape index (κ3) is 2.90. The van der Waals surface area contributed by atoms with Crippen LogP contribution in [0.2, 0.25) is 0 Å². The van der Waals surface area contributed by atoms with Gasteiger partial charge in [0, 0.05) is 29.7 Å². The van der Waals surface area contributed by atoms with Gasteiger partial charge in [-0.25, -0.2) is 0 Å². The van der Waals surface area contributed by atoms with Gasteiger partial charge in [0.15, 0.2) is 0 Å². The lowest BCUT2D eigenvalue weighted by molar-refractivity contribution is -0.384. The van der Waals surface area contributed by atoms with Gasteiger partial charge in [-0.15, -0.1) is 0 Å². The summed E-state index contributed by atoms with van der Waals surface area (Å²) < 4.78 is 0.736. The number of nitro groups is 1. The van der Waals surface area contributed by atoms with Crippen molar-refractivity contribution in [3.8, 4) is 0 Å². The van der Waals surface area contributed by atoms with Crippen LogP contribution in [0.3, 0.4) is 0 Å². The molecular formula is C13H18BrN3O2. The topological polar surface area (TPSA) is 49.6 Å². The fraction of sp³-hybridized carbons (Fsp3) is 0.538. The highest BCUT2D eigenvalue weighted by atomic mass is 79.9. The maximum atomic E-state index is 11.2. The summed E-state index contributed by atoms with van der Waals surface area (Å²) in [6.07, 6.45) is 0. The molecule has 0 aliphatic carbocycles. The average Bonchev–Trinajstić information content (AvgIpc) is 2.71. The summed E-state index contributed by atoms with van der Waals surface area (Å²) >= 11 is 3.29. The van der Waals surface area contributed by atoms with Crippen LogP contribution in [0, 0.1) is 16.0 Å². The van der Waals surface area contributed by atoms with E-state index in [1.165, 1.54) is 0 Å². The summed E-state index contributed by atoms with van der Waals surface area (Å²) in [5.74, 6) is 0.498. The van der Waals surface area contributed by atoms with E-state index in [-0.39, 0.29) is 10.6 Å². The van der Waals surface area contributed by atoms with Gasteiger partial charge in [-0.05, 0) is 32.1 Å². The zero-order chi connectivity index (χ0) is 14.2. The molecule has 0 aromatic heterocycles. The Morgan fingerprint density at radius 3 is 2.63 bits per heavy atom. The van der Waals surface area contributed by atoms with Crippen molar-refractivity contribution in [3.63, 3.8) is 0 Å². The Hall–Kier alpha value is -1.14. The predicted octanol–water partition coefficient (Wildman–Crippen LogP) is 2.74. The van der Waals surface area contributed by atoms with Crippen LogP contribution in [0.25, 0.3) is 0 Å². The van der Waals surface area contributed by atoms with Gasteiger partial charge >= 0.3 is 0 Å². The van der Waals surface area contributed by atoms with E-state index in [0.717, 1.165) is 17.6 Å². The number of nitrogens with zero attached hydrogens (tertiary/aromatic N) is 3. The molecule has 2 unspecified atom stereocenters. The Morgan fingerprint density at radius 2 is 2.11 bits per heavy atom. The number of rotatable bonds is 3. The first-order valence-corrected chi connectivity index (χ1v) is 7.04. The number of benzene rings is 1. The van der Waals surface area contributed by atoms with Crippen molar-refractivity contribution in [2.75, 3.05) is 32.1 Å². The van der Waals surface area contributed by atoms with Gasteiger partial charge in [0.05, 0.1) is 4.92 Å². The van der Waals surface area contributed by atoms with Crippen molar-refractivity contribution < 1.29 is 4.92 Å². The maximum Gasteiger partial charge on any atom is 0.293 e. The minimum Gasteiger partial charge on any atom is -0.364 e. The molecule has 1 aromatic carbocycles. The van der Waals surface area contributed by atoms with Crippen molar-refractivity contribution >= 4 is 27.3 Å². The average molecular weight is 328 g/mol. The first kappa shape index (κ1) is 14.3. The van der Waals surface area contributed by atoms with E-state index in [0.29, 0.717) is 17.6 Å². The number of halogens is 1. The quantitative estimate of drug-likeness (QED) is 0.632. The standard InChI is InChI=1S/C13H18BrN3O2/c1-9-7-16(8-13(9)15(2)3)11-5-4-10(14)6-12(11)17(18)19/h4-6,9,13H,7-8H2,1-3H3. The van der Waals surface area contributed by atoms with E-state index in [1.54, 1.807) is 6.07 Å². The minimum absolute atomic E-state index is 0.168. The summed E-state index contributed by atoms with van der Waals surface area (Å²) in [5, 5.41) is 11.2. The zero-order valence-corrected chi connectivity index (χ0v) is 12.9. The molecular weight excluding hydrogens is 310 g/mol. The minimum atomic E-state index is -0.312. The van der Waals surface area contributed by atoms with E-state index in [9.17, 15) is 10.1 Å². The number of hydrogen-bond acceptors (Lipinski definition) is 4. The van der Waals surface area contributed by atoms with Crippen LogP contribution in [0.1, 0.15) is 6.92 Å². The molecule has 1 aliphatic rings. The van der Waals surface area contributed by atoms with Crippen molar-refractivity contribution in [2.24, 2.45) is 5.92 Å². The van der Waals surface area contributed by atoms with Gasteiger partial charge in [0.25, 0.3) is 5.69 Å². The van der Waals surface area contributed by atoms with Crippen molar-refractivity contribution in [2.45, 2.75) is 13.0 Å². The zero-order valence-electron chi connectivity index (χ0n) is 11.3. The highest BCUT2D eigenvalue weighted by molar-refractivity contribution is 9.10. The van der Waals surface area contributed by atoms with Gasteiger partial charge in [-0.2, -0.15) is 0 Å². The number of nitro benzene ring substituents is 1. The summed E-state index contributed by atoms with van der Waals surface area (Å²) in [6, 6.07) is 5.69. The van der Waals surface area contributed by atoms with Crippen LogP contribution >= 0.6 is 15.9 Å². The highest BCUT2D eigenvalue weighted by Crippen LogP contribution is 2.35. The van der Waals surface area contributed by atoms with E-state index >= 15 is 0 Å². The molecule has 1 aliphatic heterocycles. The lowest BCUT2D eigenvalue weighted by atomic mass is 10.1. The third-order valence-corrected chi connectivity index (χ3v) is 4.20. The summed E-state index contributed by atoms with van der Waals surface area (Å²) in [4.78, 5) is 15.2. The fourth-order valence-corrected chi connectivity index (χ4v) is 3.08. The Morgan fingerprint density at radius 1 is 1.42 bits per heavy atom. The molecule has 1 heterocycles.